The zero-order valence-electron chi connectivity index (χ0n) is 8.28. The van der Waals surface area contributed by atoms with Gasteiger partial charge >= 0.3 is 5.97 Å². The maximum Gasteiger partial charge on any atom is 0.313 e. The van der Waals surface area contributed by atoms with Gasteiger partial charge < -0.3 is 5.11 Å². The lowest BCUT2D eigenvalue weighted by Crippen LogP contribution is -2.36. The van der Waals surface area contributed by atoms with Crippen LogP contribution in [0.1, 0.15) is 0 Å². The first-order valence-electron chi connectivity index (χ1n) is 4.60. The molecule has 1 aromatic rings. The summed E-state index contributed by atoms with van der Waals surface area (Å²) < 4.78 is 0. The summed E-state index contributed by atoms with van der Waals surface area (Å²) in [6, 6.07) is 9.51. The van der Waals surface area contributed by atoms with E-state index in [1.54, 1.807) is 5.01 Å². The summed E-state index contributed by atoms with van der Waals surface area (Å²) in [6.45, 7) is 0. The molecule has 0 aliphatic carbocycles. The molecule has 16 heavy (non-hydrogen) atoms. The second kappa shape index (κ2) is 4.84. The Labute approximate surface area is 96.3 Å². The van der Waals surface area contributed by atoms with Gasteiger partial charge in [0, 0.05) is 0 Å². The summed E-state index contributed by atoms with van der Waals surface area (Å²) in [5.41, 5.74) is 3.29. The van der Waals surface area contributed by atoms with Crippen molar-refractivity contribution in [3.8, 4) is 0 Å². The number of anilines is 1. The number of carbonyl (C=O) groups is 1. The van der Waals surface area contributed by atoms with Crippen LogP contribution in [0.3, 0.4) is 0 Å². The molecule has 7 heteroatoms. The minimum Gasteiger partial charge on any atom is -0.481 e. The number of nitrogens with one attached hydrogen (secondary N) is 1. The van der Waals surface area contributed by atoms with E-state index in [0.717, 1.165) is 5.69 Å². The van der Waals surface area contributed by atoms with Crippen molar-refractivity contribution in [3.05, 3.63) is 30.3 Å². The maximum absolute atomic E-state index is 10.5. The van der Waals surface area contributed by atoms with Crippen molar-refractivity contribution >= 4 is 23.4 Å². The molecule has 0 bridgehead atoms. The van der Waals surface area contributed by atoms with E-state index in [1.807, 2.05) is 30.3 Å². The minimum atomic E-state index is -0.861. The lowest BCUT2D eigenvalue weighted by molar-refractivity contribution is -0.133. The van der Waals surface area contributed by atoms with E-state index in [9.17, 15) is 4.79 Å². The quantitative estimate of drug-likeness (QED) is 0.830. The normalized spacial score (nSPS) is 18.5. The SMILES string of the molecule is O=C(O)CS[C@H]1N=NNN1c1ccccc1. The molecule has 0 radical (unpaired) electrons. The first-order valence-corrected chi connectivity index (χ1v) is 5.65. The van der Waals surface area contributed by atoms with Crippen molar-refractivity contribution in [1.29, 1.82) is 0 Å². The lowest BCUT2D eigenvalue weighted by atomic mass is 10.3. The molecule has 1 aliphatic rings. The monoisotopic (exact) mass is 238 g/mol. The molecule has 0 unspecified atom stereocenters. The molecule has 0 amide bonds. The van der Waals surface area contributed by atoms with Crippen LogP contribution in [-0.2, 0) is 4.79 Å². The molecule has 1 aliphatic heterocycles. The highest BCUT2D eigenvalue weighted by Crippen LogP contribution is 2.25. The number of benzene rings is 1. The number of rotatable bonds is 4. The van der Waals surface area contributed by atoms with Gasteiger partial charge in [0.2, 0.25) is 5.50 Å². The van der Waals surface area contributed by atoms with Crippen LogP contribution in [-0.4, -0.2) is 22.3 Å². The molecule has 84 valence electrons. The van der Waals surface area contributed by atoms with Gasteiger partial charge in [-0.1, -0.05) is 35.2 Å². The van der Waals surface area contributed by atoms with Crippen molar-refractivity contribution in [2.24, 2.45) is 10.3 Å². The Hall–Kier alpha value is -1.76. The van der Waals surface area contributed by atoms with E-state index < -0.39 is 5.97 Å². The van der Waals surface area contributed by atoms with Crippen molar-refractivity contribution in [3.63, 3.8) is 0 Å². The second-order valence-corrected chi connectivity index (χ2v) is 4.10. The molecule has 6 nitrogen and oxygen atoms in total. The average Bonchev–Trinajstić information content (AvgIpc) is 2.75. The van der Waals surface area contributed by atoms with E-state index in [1.165, 1.54) is 11.8 Å². The van der Waals surface area contributed by atoms with E-state index in [4.69, 9.17) is 5.11 Å². The topological polar surface area (TPSA) is 77.3 Å². The summed E-state index contributed by atoms with van der Waals surface area (Å²) in [6.07, 6.45) is 0. The van der Waals surface area contributed by atoms with Crippen LogP contribution in [0.15, 0.2) is 40.7 Å². The first-order chi connectivity index (χ1) is 7.77. The van der Waals surface area contributed by atoms with Gasteiger partial charge in [0.1, 0.15) is 0 Å². The predicted octanol–water partition coefficient (Wildman–Crippen LogP) is 1.48. The third-order valence-electron chi connectivity index (χ3n) is 1.92. The number of hydrazine groups is 1. The Kier molecular flexibility index (Phi) is 3.25. The molecule has 0 fully saturated rings. The summed E-state index contributed by atoms with van der Waals surface area (Å²) >= 11 is 1.20. The van der Waals surface area contributed by atoms with Gasteiger partial charge in [-0.25, -0.2) is 5.01 Å². The zero-order valence-corrected chi connectivity index (χ0v) is 9.09. The van der Waals surface area contributed by atoms with Crippen LogP contribution in [0.2, 0.25) is 0 Å². The fourth-order valence-corrected chi connectivity index (χ4v) is 1.98. The number of aliphatic carboxylic acids is 1. The Morgan fingerprint density at radius 2 is 2.25 bits per heavy atom. The number of para-hydroxylation sites is 1. The minimum absolute atomic E-state index is 0.00526. The standard InChI is InChI=1S/C9H10N4O2S/c14-8(15)6-16-9-10-11-12-13(9)7-4-2-1-3-5-7/h1-5,9H,6H2,(H,10,12)(H,14,15)/t9-/m0/s1. The number of nitrogens with zero attached hydrogens (tertiary/aromatic N) is 3. The fourth-order valence-electron chi connectivity index (χ4n) is 1.25. The summed E-state index contributed by atoms with van der Waals surface area (Å²) in [7, 11) is 0. The Balaban J connectivity index is 2.03. The molecule has 0 saturated heterocycles. The van der Waals surface area contributed by atoms with Crippen LogP contribution in [0.25, 0.3) is 0 Å². The van der Waals surface area contributed by atoms with Gasteiger partial charge in [0.05, 0.1) is 11.4 Å². The largest absolute Gasteiger partial charge is 0.481 e. The Bertz CT molecular complexity index is 398. The summed E-state index contributed by atoms with van der Waals surface area (Å²) in [4.78, 5) is 10.5. The third-order valence-corrected chi connectivity index (χ3v) is 2.94. The molecular weight excluding hydrogens is 228 g/mol. The molecule has 2 rings (SSSR count). The number of carboxylic acid groups (broad SMARTS) is 1. The predicted molar refractivity (Wildman–Crippen MR) is 60.8 cm³/mol. The molecule has 1 aromatic carbocycles. The van der Waals surface area contributed by atoms with E-state index in [-0.39, 0.29) is 11.3 Å². The fraction of sp³-hybridized carbons (Fsp3) is 0.222. The van der Waals surface area contributed by atoms with Gasteiger partial charge in [0.15, 0.2) is 0 Å². The number of hydrogen-bond donors (Lipinski definition) is 2. The van der Waals surface area contributed by atoms with Gasteiger partial charge in [-0.15, -0.1) is 5.11 Å². The molecule has 1 atom stereocenters. The smallest absolute Gasteiger partial charge is 0.313 e. The van der Waals surface area contributed by atoms with Gasteiger partial charge in [-0.05, 0) is 12.1 Å². The highest BCUT2D eigenvalue weighted by Gasteiger charge is 2.24. The van der Waals surface area contributed by atoms with Crippen molar-refractivity contribution in [2.45, 2.75) is 5.50 Å². The molecule has 0 saturated carbocycles. The van der Waals surface area contributed by atoms with Crippen molar-refractivity contribution in [2.75, 3.05) is 10.8 Å². The van der Waals surface area contributed by atoms with Crippen LogP contribution in [0.5, 0.6) is 0 Å². The first kappa shape index (κ1) is 10.7. The average molecular weight is 238 g/mol. The molecular formula is C9H10N4O2S. The van der Waals surface area contributed by atoms with Crippen LogP contribution in [0, 0.1) is 0 Å². The Morgan fingerprint density at radius 1 is 1.50 bits per heavy atom. The summed E-state index contributed by atoms with van der Waals surface area (Å²) in [5.74, 6) is -0.866. The van der Waals surface area contributed by atoms with Crippen LogP contribution >= 0.6 is 11.8 Å². The van der Waals surface area contributed by atoms with E-state index in [0.29, 0.717) is 0 Å². The number of thioether (sulfide) groups is 1. The zero-order chi connectivity index (χ0) is 11.4. The number of carboxylic acids is 1. The van der Waals surface area contributed by atoms with Crippen molar-refractivity contribution < 1.29 is 9.90 Å². The van der Waals surface area contributed by atoms with Gasteiger partial charge in [0.25, 0.3) is 0 Å². The van der Waals surface area contributed by atoms with Gasteiger partial charge in [-0.2, -0.15) is 5.53 Å². The highest BCUT2D eigenvalue weighted by atomic mass is 32.2. The molecule has 0 spiro atoms. The van der Waals surface area contributed by atoms with Crippen LogP contribution < -0.4 is 10.5 Å². The van der Waals surface area contributed by atoms with Crippen LogP contribution in [0.4, 0.5) is 5.69 Å². The lowest BCUT2D eigenvalue weighted by Gasteiger charge is -2.21. The Morgan fingerprint density at radius 3 is 2.94 bits per heavy atom. The number of hydrogen-bond acceptors (Lipinski definition) is 6. The molecule has 2 N–H and O–H groups in total. The highest BCUT2D eigenvalue weighted by molar-refractivity contribution is 8.00. The maximum atomic E-state index is 10.5. The second-order valence-electron chi connectivity index (χ2n) is 3.05. The van der Waals surface area contributed by atoms with E-state index in [2.05, 4.69) is 15.9 Å². The van der Waals surface area contributed by atoms with E-state index >= 15 is 0 Å². The molecule has 0 aromatic heterocycles. The molecule has 1 heterocycles. The van der Waals surface area contributed by atoms with Crippen molar-refractivity contribution in [1.82, 2.24) is 5.53 Å². The van der Waals surface area contributed by atoms with Gasteiger partial charge in [-0.3, -0.25) is 4.79 Å². The summed E-state index contributed by atoms with van der Waals surface area (Å²) in [5, 5.41) is 17.9. The third kappa shape index (κ3) is 2.43.